The molecule has 0 spiro atoms. The molecule has 1 aliphatic carbocycles. The second kappa shape index (κ2) is 13.4. The summed E-state index contributed by atoms with van der Waals surface area (Å²) in [7, 11) is -2.68. The summed E-state index contributed by atoms with van der Waals surface area (Å²) in [6.45, 7) is 3.02. The summed E-state index contributed by atoms with van der Waals surface area (Å²) in [5.41, 5.74) is 1.82. The lowest BCUT2D eigenvalue weighted by Crippen LogP contribution is -2.52. The molecule has 1 fully saturated rings. The van der Waals surface area contributed by atoms with E-state index in [0.29, 0.717) is 16.3 Å². The first-order valence-corrected chi connectivity index (χ1v) is 15.5. The molecule has 2 amide bonds. The molecule has 1 aliphatic rings. The van der Waals surface area contributed by atoms with Gasteiger partial charge in [-0.1, -0.05) is 66.4 Å². The van der Waals surface area contributed by atoms with Gasteiger partial charge in [0, 0.05) is 23.7 Å². The second-order valence-electron chi connectivity index (χ2n) is 10.3. The summed E-state index contributed by atoms with van der Waals surface area (Å²) in [5, 5.41) is 3.51. The van der Waals surface area contributed by atoms with Crippen LogP contribution in [-0.4, -0.2) is 50.9 Å². The number of benzene rings is 3. The van der Waals surface area contributed by atoms with E-state index in [2.05, 4.69) is 5.32 Å². The van der Waals surface area contributed by atoms with Crippen LogP contribution in [0.4, 0.5) is 5.69 Å². The van der Waals surface area contributed by atoms with Crippen LogP contribution < -0.4 is 14.4 Å². The molecule has 1 atom stereocenters. The highest BCUT2D eigenvalue weighted by molar-refractivity contribution is 7.92. The Balaban J connectivity index is 1.71. The van der Waals surface area contributed by atoms with Gasteiger partial charge in [0.05, 0.1) is 17.7 Å². The van der Waals surface area contributed by atoms with E-state index in [4.69, 9.17) is 16.3 Å². The largest absolute Gasteiger partial charge is 0.497 e. The highest BCUT2D eigenvalue weighted by Gasteiger charge is 2.33. The molecule has 0 bridgehead atoms. The summed E-state index contributed by atoms with van der Waals surface area (Å²) in [5.74, 6) is -0.389. The lowest BCUT2D eigenvalue weighted by molar-refractivity contribution is -0.139. The highest BCUT2D eigenvalue weighted by Crippen LogP contribution is 2.28. The number of methoxy groups -OCH3 is 1. The van der Waals surface area contributed by atoms with Crippen molar-refractivity contribution in [3.8, 4) is 5.75 Å². The van der Waals surface area contributed by atoms with Gasteiger partial charge in [-0.3, -0.25) is 13.9 Å². The van der Waals surface area contributed by atoms with Crippen molar-refractivity contribution in [3.63, 3.8) is 0 Å². The first-order chi connectivity index (χ1) is 19.6. The molecule has 8 nitrogen and oxygen atoms in total. The zero-order valence-electron chi connectivity index (χ0n) is 23.5. The Morgan fingerprint density at radius 3 is 2.37 bits per heavy atom. The number of anilines is 1. The van der Waals surface area contributed by atoms with Crippen molar-refractivity contribution in [1.29, 1.82) is 0 Å². The number of halogens is 1. The third kappa shape index (κ3) is 7.40. The lowest BCUT2D eigenvalue weighted by atomic mass is 10.1. The molecular formula is C31H36ClN3O5S. The molecule has 0 radical (unpaired) electrons. The van der Waals surface area contributed by atoms with E-state index in [9.17, 15) is 18.0 Å². The van der Waals surface area contributed by atoms with Gasteiger partial charge in [0.25, 0.3) is 10.0 Å². The average Bonchev–Trinajstić information content (AvgIpc) is 3.48. The molecule has 0 heterocycles. The molecule has 218 valence electrons. The van der Waals surface area contributed by atoms with Gasteiger partial charge in [0.1, 0.15) is 18.3 Å². The number of ether oxygens (including phenoxy) is 1. The van der Waals surface area contributed by atoms with Gasteiger partial charge < -0.3 is 15.0 Å². The number of aryl methyl sites for hydroxylation is 1. The van der Waals surface area contributed by atoms with Crippen LogP contribution in [-0.2, 0) is 26.2 Å². The van der Waals surface area contributed by atoms with Crippen LogP contribution in [0.2, 0.25) is 5.02 Å². The standard InChI is InChI=1S/C31H36ClN3O5S/c1-22-15-17-28(18-16-22)41(38,39)35(26-12-8-13-27(19-26)40-3)21-30(36)34(20-24-9-4-7-14-29(24)32)23(2)31(37)33-25-10-5-6-11-25/h4,7-9,12-19,23,25H,5-6,10-11,20-21H2,1-3H3,(H,33,37)/t23-/m0/s1. The fraction of sp³-hybridized carbons (Fsp3) is 0.355. The number of hydrogen-bond acceptors (Lipinski definition) is 5. The quantitative estimate of drug-likeness (QED) is 0.322. The molecule has 0 aliphatic heterocycles. The zero-order valence-corrected chi connectivity index (χ0v) is 25.1. The monoisotopic (exact) mass is 597 g/mol. The molecule has 10 heteroatoms. The molecule has 3 aromatic rings. The minimum Gasteiger partial charge on any atom is -0.497 e. The lowest BCUT2D eigenvalue weighted by Gasteiger charge is -2.32. The van der Waals surface area contributed by atoms with Gasteiger partial charge in [0.15, 0.2) is 0 Å². The van der Waals surface area contributed by atoms with Crippen molar-refractivity contribution in [3.05, 3.63) is 88.9 Å². The van der Waals surface area contributed by atoms with Gasteiger partial charge in [-0.15, -0.1) is 0 Å². The minimum absolute atomic E-state index is 0.0360. The van der Waals surface area contributed by atoms with Crippen molar-refractivity contribution >= 4 is 39.1 Å². The predicted octanol–water partition coefficient (Wildman–Crippen LogP) is 5.33. The molecule has 0 unspecified atom stereocenters. The van der Waals surface area contributed by atoms with Crippen molar-refractivity contribution in [2.45, 2.75) is 63.1 Å². The van der Waals surface area contributed by atoms with Gasteiger partial charge >= 0.3 is 0 Å². The molecule has 1 N–H and O–H groups in total. The third-order valence-corrected chi connectivity index (χ3v) is 9.55. The number of carbonyl (C=O) groups excluding carboxylic acids is 2. The molecule has 1 saturated carbocycles. The SMILES string of the molecule is COc1cccc(N(CC(=O)N(Cc2ccccc2Cl)[C@@H](C)C(=O)NC2CCCC2)S(=O)(=O)c2ccc(C)cc2)c1. The van der Waals surface area contributed by atoms with Crippen LogP contribution in [0.1, 0.15) is 43.7 Å². The number of hydrogen-bond donors (Lipinski definition) is 1. The highest BCUT2D eigenvalue weighted by atomic mass is 35.5. The second-order valence-corrected chi connectivity index (χ2v) is 12.6. The maximum Gasteiger partial charge on any atom is 0.264 e. The summed E-state index contributed by atoms with van der Waals surface area (Å²) >= 11 is 6.44. The third-order valence-electron chi connectivity index (χ3n) is 7.40. The molecule has 41 heavy (non-hydrogen) atoms. The summed E-state index contributed by atoms with van der Waals surface area (Å²) in [6.07, 6.45) is 3.90. The van der Waals surface area contributed by atoms with Crippen LogP contribution in [0.5, 0.6) is 5.75 Å². The summed E-state index contributed by atoms with van der Waals surface area (Å²) in [6, 6.07) is 19.3. The first-order valence-electron chi connectivity index (χ1n) is 13.7. The summed E-state index contributed by atoms with van der Waals surface area (Å²) in [4.78, 5) is 28.8. The molecule has 0 aromatic heterocycles. The molecule has 4 rings (SSSR count). The molecule has 3 aromatic carbocycles. The Kier molecular flexibility index (Phi) is 9.94. The number of nitrogens with zero attached hydrogens (tertiary/aromatic N) is 2. The number of amides is 2. The van der Waals surface area contributed by atoms with Gasteiger partial charge in [0.2, 0.25) is 11.8 Å². The van der Waals surface area contributed by atoms with Crippen molar-refractivity contribution < 1.29 is 22.7 Å². The number of carbonyl (C=O) groups is 2. The fourth-order valence-corrected chi connectivity index (χ4v) is 6.52. The van der Waals surface area contributed by atoms with E-state index < -0.39 is 28.5 Å². The Labute approximate surface area is 247 Å². The maximum absolute atomic E-state index is 14.1. The smallest absolute Gasteiger partial charge is 0.264 e. The number of rotatable bonds is 11. The maximum atomic E-state index is 14.1. The van der Waals surface area contributed by atoms with E-state index in [-0.39, 0.29) is 29.1 Å². The van der Waals surface area contributed by atoms with Crippen LogP contribution in [0, 0.1) is 6.92 Å². The molecular weight excluding hydrogens is 562 g/mol. The Morgan fingerprint density at radius 2 is 1.71 bits per heavy atom. The van der Waals surface area contributed by atoms with Gasteiger partial charge in [-0.25, -0.2) is 8.42 Å². The van der Waals surface area contributed by atoms with Crippen LogP contribution in [0.15, 0.2) is 77.7 Å². The van der Waals surface area contributed by atoms with Crippen molar-refractivity contribution in [1.82, 2.24) is 10.2 Å². The molecule has 0 saturated heterocycles. The van der Waals surface area contributed by atoms with Crippen LogP contribution >= 0.6 is 11.6 Å². The van der Waals surface area contributed by atoms with E-state index in [1.165, 1.54) is 24.1 Å². The number of nitrogens with one attached hydrogen (secondary N) is 1. The van der Waals surface area contributed by atoms with E-state index in [1.54, 1.807) is 67.6 Å². The summed E-state index contributed by atoms with van der Waals surface area (Å²) < 4.78 is 34.3. The normalized spacial score (nSPS) is 14.3. The zero-order chi connectivity index (χ0) is 29.6. The van der Waals surface area contributed by atoms with Crippen molar-refractivity contribution in [2.24, 2.45) is 0 Å². The van der Waals surface area contributed by atoms with Gasteiger partial charge in [-0.2, -0.15) is 0 Å². The fourth-order valence-electron chi connectivity index (χ4n) is 4.92. The Hall–Kier alpha value is -3.56. The Morgan fingerprint density at radius 1 is 1.02 bits per heavy atom. The predicted molar refractivity (Wildman–Crippen MR) is 161 cm³/mol. The first kappa shape index (κ1) is 30.4. The number of sulfonamides is 1. The van der Waals surface area contributed by atoms with Crippen LogP contribution in [0.3, 0.4) is 0 Å². The topological polar surface area (TPSA) is 96.0 Å². The van der Waals surface area contributed by atoms with E-state index in [1.807, 2.05) is 6.92 Å². The Bertz CT molecular complexity index is 1470. The minimum atomic E-state index is -4.17. The van der Waals surface area contributed by atoms with Crippen LogP contribution in [0.25, 0.3) is 0 Å². The average molecular weight is 598 g/mol. The van der Waals surface area contributed by atoms with Crippen molar-refractivity contribution in [2.75, 3.05) is 18.0 Å². The van der Waals surface area contributed by atoms with E-state index in [0.717, 1.165) is 35.6 Å². The van der Waals surface area contributed by atoms with Gasteiger partial charge in [-0.05, 0) is 62.6 Å². The van der Waals surface area contributed by atoms with E-state index >= 15 is 0 Å².